The van der Waals surface area contributed by atoms with Gasteiger partial charge in [-0.15, -0.1) is 0 Å². The largest absolute Gasteiger partial charge is 0.379 e. The molecule has 0 spiro atoms. The van der Waals surface area contributed by atoms with Crippen LogP contribution in [0.15, 0.2) is 0 Å². The molecule has 1 heterocycles. The summed E-state index contributed by atoms with van der Waals surface area (Å²) in [4.78, 5) is 0. The van der Waals surface area contributed by atoms with Crippen LogP contribution in [-0.4, -0.2) is 42.6 Å². The molecule has 1 fully saturated rings. The van der Waals surface area contributed by atoms with Crippen LogP contribution in [0, 0.1) is 0 Å². The second-order valence-electron chi connectivity index (χ2n) is 2.73. The summed E-state index contributed by atoms with van der Waals surface area (Å²) in [7, 11) is 3.81. The highest BCUT2D eigenvalue weighted by molar-refractivity contribution is 14.1. The number of rotatable bonds is 2. The van der Waals surface area contributed by atoms with Gasteiger partial charge in [0.15, 0.2) is 0 Å². The van der Waals surface area contributed by atoms with E-state index >= 15 is 0 Å². The number of nitrogens with zero attached hydrogens (tertiary/aromatic N) is 1. The van der Waals surface area contributed by atoms with E-state index in [9.17, 15) is 0 Å². The van der Waals surface area contributed by atoms with Crippen molar-refractivity contribution < 1.29 is 9.47 Å². The summed E-state index contributed by atoms with van der Waals surface area (Å²) in [5.41, 5.74) is 0. The quantitative estimate of drug-likeness (QED) is 0.554. The summed E-state index contributed by atoms with van der Waals surface area (Å²) in [6.45, 7) is 1.59. The van der Waals surface area contributed by atoms with Gasteiger partial charge in [-0.05, 0) is 13.5 Å². The first-order valence-electron chi connectivity index (χ1n) is 3.75. The number of ether oxygens (including phenoxy) is 2. The molecule has 11 heavy (non-hydrogen) atoms. The molecule has 0 aliphatic carbocycles. The maximum Gasteiger partial charge on any atom is 0.0968 e. The number of halogens is 1. The van der Waals surface area contributed by atoms with Gasteiger partial charge in [0.1, 0.15) is 0 Å². The van der Waals surface area contributed by atoms with Gasteiger partial charge in [0.05, 0.1) is 12.7 Å². The van der Waals surface area contributed by atoms with Crippen LogP contribution >= 0.6 is 22.9 Å². The normalized spacial score (nSPS) is 32.7. The molecule has 3 nitrogen and oxygen atoms in total. The van der Waals surface area contributed by atoms with E-state index in [1.165, 1.54) is 0 Å². The fraction of sp³-hybridized carbons (Fsp3) is 1.00. The van der Waals surface area contributed by atoms with Gasteiger partial charge in [-0.2, -0.15) is 0 Å². The van der Waals surface area contributed by atoms with Crippen LogP contribution in [-0.2, 0) is 9.47 Å². The minimum Gasteiger partial charge on any atom is -0.379 e. The molecule has 0 radical (unpaired) electrons. The molecule has 0 saturated carbocycles. The van der Waals surface area contributed by atoms with E-state index in [0.29, 0.717) is 6.04 Å². The van der Waals surface area contributed by atoms with Gasteiger partial charge in [0, 0.05) is 42.6 Å². The van der Waals surface area contributed by atoms with Crippen molar-refractivity contribution in [2.75, 3.05) is 27.4 Å². The first-order chi connectivity index (χ1) is 5.25. The Labute approximate surface area is 81.5 Å². The van der Waals surface area contributed by atoms with Crippen LogP contribution in [0.2, 0.25) is 0 Å². The van der Waals surface area contributed by atoms with Gasteiger partial charge in [-0.3, -0.25) is 0 Å². The Morgan fingerprint density at radius 1 is 1.64 bits per heavy atom. The Morgan fingerprint density at radius 3 is 2.82 bits per heavy atom. The van der Waals surface area contributed by atoms with E-state index in [1.807, 2.05) is 0 Å². The maximum absolute atomic E-state index is 5.30. The number of hydrogen-bond donors (Lipinski definition) is 0. The van der Waals surface area contributed by atoms with E-state index in [4.69, 9.17) is 9.47 Å². The second kappa shape index (κ2) is 4.59. The van der Waals surface area contributed by atoms with Gasteiger partial charge in [0.2, 0.25) is 0 Å². The first-order valence-corrected chi connectivity index (χ1v) is 4.71. The lowest BCUT2D eigenvalue weighted by molar-refractivity contribution is -0.0592. The lowest BCUT2D eigenvalue weighted by atomic mass is 10.1. The van der Waals surface area contributed by atoms with Crippen molar-refractivity contribution in [1.29, 1.82) is 0 Å². The third-order valence-electron chi connectivity index (χ3n) is 2.03. The van der Waals surface area contributed by atoms with Crippen molar-refractivity contribution in [3.05, 3.63) is 0 Å². The van der Waals surface area contributed by atoms with Crippen molar-refractivity contribution in [1.82, 2.24) is 3.11 Å². The van der Waals surface area contributed by atoms with Gasteiger partial charge in [-0.1, -0.05) is 0 Å². The molecule has 1 aliphatic rings. The monoisotopic (exact) mass is 271 g/mol. The van der Waals surface area contributed by atoms with Crippen LogP contribution in [0.25, 0.3) is 0 Å². The standard InChI is InChI=1S/C7H14INO2/c1-9(8)6-3-4-11-5-7(6)10-2/h6-7H,3-5H2,1-2H3. The zero-order chi connectivity index (χ0) is 8.27. The summed E-state index contributed by atoms with van der Waals surface area (Å²) in [5, 5.41) is 0. The van der Waals surface area contributed by atoms with Crippen LogP contribution in [0.3, 0.4) is 0 Å². The fourth-order valence-electron chi connectivity index (χ4n) is 1.33. The van der Waals surface area contributed by atoms with E-state index in [0.717, 1.165) is 19.6 Å². The summed E-state index contributed by atoms with van der Waals surface area (Å²) >= 11 is 2.30. The average molecular weight is 271 g/mol. The van der Waals surface area contributed by atoms with E-state index in [2.05, 4.69) is 33.0 Å². The lowest BCUT2D eigenvalue weighted by Crippen LogP contribution is -2.44. The molecule has 0 bridgehead atoms. The second-order valence-corrected chi connectivity index (χ2v) is 4.25. The zero-order valence-electron chi connectivity index (χ0n) is 6.92. The van der Waals surface area contributed by atoms with Gasteiger partial charge in [-0.25, -0.2) is 3.11 Å². The van der Waals surface area contributed by atoms with Crippen molar-refractivity contribution in [2.24, 2.45) is 0 Å². The van der Waals surface area contributed by atoms with Gasteiger partial charge >= 0.3 is 0 Å². The van der Waals surface area contributed by atoms with Gasteiger partial charge in [0.25, 0.3) is 0 Å². The van der Waals surface area contributed by atoms with Crippen molar-refractivity contribution in [3.8, 4) is 0 Å². The highest BCUT2D eigenvalue weighted by atomic mass is 127. The number of methoxy groups -OCH3 is 1. The Hall–Kier alpha value is 0.610. The van der Waals surface area contributed by atoms with Crippen LogP contribution in [0.5, 0.6) is 0 Å². The minimum atomic E-state index is 0.241. The molecule has 1 aliphatic heterocycles. The molecule has 0 amide bonds. The highest BCUT2D eigenvalue weighted by Crippen LogP contribution is 2.18. The molecular weight excluding hydrogens is 257 g/mol. The Balaban J connectivity index is 2.44. The molecule has 0 aromatic heterocycles. The highest BCUT2D eigenvalue weighted by Gasteiger charge is 2.27. The molecule has 2 atom stereocenters. The topological polar surface area (TPSA) is 21.7 Å². The molecule has 2 unspecified atom stereocenters. The minimum absolute atomic E-state index is 0.241. The number of hydrogen-bond acceptors (Lipinski definition) is 3. The van der Waals surface area contributed by atoms with Gasteiger partial charge < -0.3 is 9.47 Å². The fourth-order valence-corrected chi connectivity index (χ4v) is 1.97. The smallest absolute Gasteiger partial charge is 0.0968 e. The van der Waals surface area contributed by atoms with Crippen LogP contribution < -0.4 is 0 Å². The van der Waals surface area contributed by atoms with Crippen LogP contribution in [0.4, 0.5) is 0 Å². The zero-order valence-corrected chi connectivity index (χ0v) is 9.08. The predicted molar refractivity (Wildman–Crippen MR) is 51.8 cm³/mol. The van der Waals surface area contributed by atoms with Crippen molar-refractivity contribution >= 4 is 22.9 Å². The predicted octanol–water partition coefficient (Wildman–Crippen LogP) is 1.07. The summed E-state index contributed by atoms with van der Waals surface area (Å²) in [5.74, 6) is 0. The van der Waals surface area contributed by atoms with E-state index in [-0.39, 0.29) is 6.10 Å². The Kier molecular flexibility index (Phi) is 4.05. The Bertz CT molecular complexity index is 121. The third-order valence-corrected chi connectivity index (χ3v) is 2.74. The summed E-state index contributed by atoms with van der Waals surface area (Å²) in [6.07, 6.45) is 1.31. The molecule has 1 rings (SSSR count). The molecule has 0 aromatic carbocycles. The third kappa shape index (κ3) is 2.54. The van der Waals surface area contributed by atoms with Crippen LogP contribution in [0.1, 0.15) is 6.42 Å². The average Bonchev–Trinajstić information content (AvgIpc) is 2.04. The van der Waals surface area contributed by atoms with E-state index in [1.54, 1.807) is 7.11 Å². The summed E-state index contributed by atoms with van der Waals surface area (Å²) < 4.78 is 12.8. The Morgan fingerprint density at radius 2 is 2.36 bits per heavy atom. The molecule has 1 saturated heterocycles. The number of likely N-dealkylation sites (N-methyl/N-ethyl adjacent to an activating group) is 1. The molecule has 0 aromatic rings. The maximum atomic E-state index is 5.30. The molecule has 0 N–H and O–H groups in total. The van der Waals surface area contributed by atoms with E-state index < -0.39 is 0 Å². The summed E-state index contributed by atoms with van der Waals surface area (Å²) in [6, 6.07) is 0.509. The lowest BCUT2D eigenvalue weighted by Gasteiger charge is -2.33. The van der Waals surface area contributed by atoms with Crippen molar-refractivity contribution in [2.45, 2.75) is 18.6 Å². The molecule has 66 valence electrons. The van der Waals surface area contributed by atoms with Crippen molar-refractivity contribution in [3.63, 3.8) is 0 Å². The SMILES string of the molecule is COC1COCCC1N(C)I. The molecular formula is C7H14INO2. The molecule has 4 heteroatoms. The first kappa shape index (κ1) is 9.70.